The van der Waals surface area contributed by atoms with Gasteiger partial charge in [0, 0.05) is 28.0 Å². The molecule has 1 N–H and O–H groups in total. The Morgan fingerprint density at radius 1 is 1.56 bits per heavy atom. The van der Waals surface area contributed by atoms with Crippen molar-refractivity contribution in [2.75, 3.05) is 13.1 Å². The molecular formula is C10H11BrN4O. The summed E-state index contributed by atoms with van der Waals surface area (Å²) >= 11 is 3.33. The Hall–Kier alpha value is -1.52. The van der Waals surface area contributed by atoms with Crippen LogP contribution in [0.15, 0.2) is 27.8 Å². The zero-order valence-electron chi connectivity index (χ0n) is 8.77. The van der Waals surface area contributed by atoms with Gasteiger partial charge in [-0.25, -0.2) is 0 Å². The first kappa shape index (κ1) is 12.5. The molecule has 1 rings (SSSR count). The van der Waals surface area contributed by atoms with Crippen LogP contribution < -0.4 is 5.32 Å². The maximum Gasteiger partial charge on any atom is 0.251 e. The van der Waals surface area contributed by atoms with Gasteiger partial charge >= 0.3 is 0 Å². The highest BCUT2D eigenvalue weighted by Gasteiger charge is 2.05. The Bertz CT molecular complexity index is 420. The van der Waals surface area contributed by atoms with Gasteiger partial charge in [-0.3, -0.25) is 4.79 Å². The predicted octanol–water partition coefficient (Wildman–Crippen LogP) is 2.80. The summed E-state index contributed by atoms with van der Waals surface area (Å²) in [6.07, 6.45) is 0. The number of halogens is 1. The molecule has 1 aromatic carbocycles. The van der Waals surface area contributed by atoms with Crippen molar-refractivity contribution >= 4 is 21.8 Å². The van der Waals surface area contributed by atoms with Crippen molar-refractivity contribution < 1.29 is 4.79 Å². The number of amides is 1. The van der Waals surface area contributed by atoms with Crippen molar-refractivity contribution in [1.82, 2.24) is 5.32 Å². The lowest BCUT2D eigenvalue weighted by Gasteiger charge is -2.04. The van der Waals surface area contributed by atoms with E-state index in [-0.39, 0.29) is 12.5 Å². The predicted molar refractivity (Wildman–Crippen MR) is 65.2 cm³/mol. The Morgan fingerprint density at radius 3 is 2.94 bits per heavy atom. The quantitative estimate of drug-likeness (QED) is 0.392. The van der Waals surface area contributed by atoms with Crippen LogP contribution in [0.5, 0.6) is 0 Å². The van der Waals surface area contributed by atoms with Gasteiger partial charge in [-0.1, -0.05) is 21.0 Å². The molecule has 0 aliphatic carbocycles. The number of carbonyl (C=O) groups excluding carboxylic acids is 1. The highest BCUT2D eigenvalue weighted by molar-refractivity contribution is 9.10. The Kier molecular flexibility index (Phi) is 4.82. The normalized spacial score (nSPS) is 9.38. The lowest BCUT2D eigenvalue weighted by Crippen LogP contribution is -2.25. The number of nitrogens with one attached hydrogen (secondary N) is 1. The molecule has 0 heterocycles. The molecule has 1 amide bonds. The fourth-order valence-electron chi connectivity index (χ4n) is 1.23. The SMILES string of the molecule is Cc1cc(Br)cc(C(=O)NCCN=[N+]=[N-])c1. The third-order valence-electron chi connectivity index (χ3n) is 1.86. The van der Waals surface area contributed by atoms with Gasteiger partial charge in [0.05, 0.1) is 0 Å². The van der Waals surface area contributed by atoms with Crippen LogP contribution in [0.3, 0.4) is 0 Å². The van der Waals surface area contributed by atoms with Crippen molar-refractivity contribution in [1.29, 1.82) is 0 Å². The van der Waals surface area contributed by atoms with Crippen LogP contribution in [0.4, 0.5) is 0 Å². The van der Waals surface area contributed by atoms with Crippen LogP contribution >= 0.6 is 15.9 Å². The summed E-state index contributed by atoms with van der Waals surface area (Å²) in [5.74, 6) is -0.169. The second-order valence-corrected chi connectivity index (χ2v) is 4.14. The van der Waals surface area contributed by atoms with E-state index in [1.54, 1.807) is 12.1 Å². The molecule has 0 aromatic heterocycles. The molecule has 0 aliphatic heterocycles. The molecule has 16 heavy (non-hydrogen) atoms. The molecule has 0 aliphatic rings. The van der Waals surface area contributed by atoms with Gasteiger partial charge in [-0.2, -0.15) is 0 Å². The molecule has 0 bridgehead atoms. The molecule has 0 unspecified atom stereocenters. The highest BCUT2D eigenvalue weighted by Crippen LogP contribution is 2.15. The standard InChI is InChI=1S/C10H11BrN4O/c1-7-4-8(6-9(11)5-7)10(16)13-2-3-14-15-12/h4-6H,2-3H2,1H3,(H,13,16). The van der Waals surface area contributed by atoms with Crippen molar-refractivity contribution in [3.63, 3.8) is 0 Å². The van der Waals surface area contributed by atoms with E-state index in [2.05, 4.69) is 31.3 Å². The summed E-state index contributed by atoms with van der Waals surface area (Å²) in [5.41, 5.74) is 9.66. The Balaban J connectivity index is 2.62. The summed E-state index contributed by atoms with van der Waals surface area (Å²) in [6.45, 7) is 2.52. The molecule has 0 atom stereocenters. The van der Waals surface area contributed by atoms with E-state index in [1.807, 2.05) is 13.0 Å². The molecule has 0 radical (unpaired) electrons. The summed E-state index contributed by atoms with van der Waals surface area (Å²) < 4.78 is 0.868. The fraction of sp³-hybridized carbons (Fsp3) is 0.300. The second-order valence-electron chi connectivity index (χ2n) is 3.23. The number of hydrogen-bond acceptors (Lipinski definition) is 2. The van der Waals surface area contributed by atoms with Crippen LogP contribution in [0.2, 0.25) is 0 Å². The topological polar surface area (TPSA) is 77.9 Å². The van der Waals surface area contributed by atoms with Gasteiger partial charge < -0.3 is 5.32 Å². The van der Waals surface area contributed by atoms with Crippen molar-refractivity contribution in [2.24, 2.45) is 5.11 Å². The monoisotopic (exact) mass is 282 g/mol. The average molecular weight is 283 g/mol. The number of benzene rings is 1. The number of aryl methyl sites for hydroxylation is 1. The van der Waals surface area contributed by atoms with Gasteiger partial charge in [-0.05, 0) is 36.2 Å². The van der Waals surface area contributed by atoms with Gasteiger partial charge in [0.25, 0.3) is 5.91 Å². The third-order valence-corrected chi connectivity index (χ3v) is 2.32. The first-order valence-electron chi connectivity index (χ1n) is 4.69. The smallest absolute Gasteiger partial charge is 0.251 e. The highest BCUT2D eigenvalue weighted by atomic mass is 79.9. The molecule has 5 nitrogen and oxygen atoms in total. The van der Waals surface area contributed by atoms with Crippen LogP contribution in [0.25, 0.3) is 10.4 Å². The molecule has 0 fully saturated rings. The maximum atomic E-state index is 11.6. The van der Waals surface area contributed by atoms with Gasteiger partial charge in [-0.15, -0.1) is 0 Å². The maximum absolute atomic E-state index is 11.6. The largest absolute Gasteiger partial charge is 0.352 e. The van der Waals surface area contributed by atoms with E-state index in [0.29, 0.717) is 12.1 Å². The van der Waals surface area contributed by atoms with Crippen LogP contribution in [-0.4, -0.2) is 19.0 Å². The molecule has 6 heteroatoms. The first-order valence-corrected chi connectivity index (χ1v) is 5.49. The van der Waals surface area contributed by atoms with E-state index >= 15 is 0 Å². The molecule has 0 saturated carbocycles. The Morgan fingerprint density at radius 2 is 2.31 bits per heavy atom. The van der Waals surface area contributed by atoms with Gasteiger partial charge in [0.2, 0.25) is 0 Å². The summed E-state index contributed by atoms with van der Waals surface area (Å²) in [6, 6.07) is 5.47. The zero-order valence-corrected chi connectivity index (χ0v) is 10.4. The number of carbonyl (C=O) groups is 1. The lowest BCUT2D eigenvalue weighted by molar-refractivity contribution is 0.0954. The second kappa shape index (κ2) is 6.15. The summed E-state index contributed by atoms with van der Waals surface area (Å²) in [5, 5.41) is 5.99. The van der Waals surface area contributed by atoms with E-state index in [0.717, 1.165) is 10.0 Å². The first-order chi connectivity index (χ1) is 7.63. The minimum Gasteiger partial charge on any atom is -0.352 e. The Labute approximate surface area is 102 Å². The number of azide groups is 1. The molecule has 1 aromatic rings. The minimum atomic E-state index is -0.169. The summed E-state index contributed by atoms with van der Waals surface area (Å²) in [4.78, 5) is 14.2. The summed E-state index contributed by atoms with van der Waals surface area (Å²) in [7, 11) is 0. The number of hydrogen-bond donors (Lipinski definition) is 1. The van der Waals surface area contributed by atoms with E-state index < -0.39 is 0 Å². The molecule has 0 spiro atoms. The van der Waals surface area contributed by atoms with Crippen molar-refractivity contribution in [2.45, 2.75) is 6.92 Å². The van der Waals surface area contributed by atoms with Gasteiger partial charge in [0.1, 0.15) is 0 Å². The van der Waals surface area contributed by atoms with Gasteiger partial charge in [0.15, 0.2) is 0 Å². The van der Waals surface area contributed by atoms with Crippen molar-refractivity contribution in [3.8, 4) is 0 Å². The van der Waals surface area contributed by atoms with E-state index in [9.17, 15) is 4.79 Å². The molecular weight excluding hydrogens is 272 g/mol. The minimum absolute atomic E-state index is 0.169. The third kappa shape index (κ3) is 3.92. The number of nitrogens with zero attached hydrogens (tertiary/aromatic N) is 3. The van der Waals surface area contributed by atoms with E-state index in [1.165, 1.54) is 0 Å². The van der Waals surface area contributed by atoms with Crippen LogP contribution in [0, 0.1) is 6.92 Å². The van der Waals surface area contributed by atoms with Crippen LogP contribution in [0.1, 0.15) is 15.9 Å². The molecule has 84 valence electrons. The zero-order chi connectivity index (χ0) is 12.0. The van der Waals surface area contributed by atoms with E-state index in [4.69, 9.17) is 5.53 Å². The average Bonchev–Trinajstić information content (AvgIpc) is 2.22. The lowest BCUT2D eigenvalue weighted by atomic mass is 10.1. The fourth-order valence-corrected chi connectivity index (χ4v) is 1.84. The van der Waals surface area contributed by atoms with Crippen molar-refractivity contribution in [3.05, 3.63) is 44.2 Å². The molecule has 0 saturated heterocycles. The number of rotatable bonds is 4. The van der Waals surface area contributed by atoms with Crippen LogP contribution in [-0.2, 0) is 0 Å².